The molecule has 1 saturated heterocycles. The zero-order chi connectivity index (χ0) is 14.9. The number of aryl methyl sites for hydroxylation is 1. The normalized spacial score (nSPS) is 23.0. The lowest BCUT2D eigenvalue weighted by Crippen LogP contribution is -2.48. The Bertz CT molecular complexity index is 456. The van der Waals surface area contributed by atoms with Gasteiger partial charge in [-0.3, -0.25) is 4.90 Å². The van der Waals surface area contributed by atoms with E-state index in [4.69, 9.17) is 5.73 Å². The molecule has 114 valence electrons. The standard InChI is InChI=1S/C13H20F3N3S/c1-8(17)10-5-3-4-6-19(10)7-11-12(13(14,15)16)18-9(2)20-11/h8,10H,3-7,17H2,1-2H3. The smallest absolute Gasteiger partial charge is 0.327 e. The lowest BCUT2D eigenvalue weighted by atomic mass is 9.97. The molecule has 0 aromatic carbocycles. The van der Waals surface area contributed by atoms with Gasteiger partial charge in [0.05, 0.1) is 9.88 Å². The molecule has 0 amide bonds. The van der Waals surface area contributed by atoms with Gasteiger partial charge < -0.3 is 5.73 Å². The second-order valence-electron chi connectivity index (χ2n) is 5.40. The van der Waals surface area contributed by atoms with Crippen LogP contribution in [0, 0.1) is 6.92 Å². The molecule has 2 heterocycles. The summed E-state index contributed by atoms with van der Waals surface area (Å²) < 4.78 is 38.9. The van der Waals surface area contributed by atoms with E-state index in [1.165, 1.54) is 0 Å². The second kappa shape index (κ2) is 5.99. The summed E-state index contributed by atoms with van der Waals surface area (Å²) in [4.78, 5) is 6.04. The van der Waals surface area contributed by atoms with Crippen LogP contribution in [-0.4, -0.2) is 28.5 Å². The monoisotopic (exact) mass is 307 g/mol. The first-order valence-corrected chi connectivity index (χ1v) is 7.64. The molecule has 0 bridgehead atoms. The maximum atomic E-state index is 13.0. The Labute approximate surface area is 121 Å². The van der Waals surface area contributed by atoms with Crippen LogP contribution in [0.5, 0.6) is 0 Å². The number of piperidine rings is 1. The summed E-state index contributed by atoms with van der Waals surface area (Å²) in [5.74, 6) is 0. The highest BCUT2D eigenvalue weighted by Crippen LogP contribution is 2.35. The van der Waals surface area contributed by atoms with E-state index < -0.39 is 11.9 Å². The van der Waals surface area contributed by atoms with Crippen molar-refractivity contribution in [1.82, 2.24) is 9.88 Å². The molecule has 1 aromatic rings. The molecule has 3 nitrogen and oxygen atoms in total. The highest BCUT2D eigenvalue weighted by atomic mass is 32.1. The van der Waals surface area contributed by atoms with Crippen molar-refractivity contribution in [3.63, 3.8) is 0 Å². The summed E-state index contributed by atoms with van der Waals surface area (Å²) >= 11 is 1.14. The van der Waals surface area contributed by atoms with Gasteiger partial charge in [-0.05, 0) is 33.2 Å². The van der Waals surface area contributed by atoms with Crippen molar-refractivity contribution in [1.29, 1.82) is 0 Å². The van der Waals surface area contributed by atoms with Gasteiger partial charge in [-0.15, -0.1) is 11.3 Å². The topological polar surface area (TPSA) is 42.2 Å². The van der Waals surface area contributed by atoms with Gasteiger partial charge in [-0.1, -0.05) is 6.42 Å². The summed E-state index contributed by atoms with van der Waals surface area (Å²) in [6.07, 6.45) is -1.31. The predicted octanol–water partition coefficient (Wildman–Crippen LogP) is 3.17. The maximum absolute atomic E-state index is 13.0. The fourth-order valence-electron chi connectivity index (χ4n) is 2.79. The van der Waals surface area contributed by atoms with Crippen LogP contribution in [0.15, 0.2) is 0 Å². The van der Waals surface area contributed by atoms with Gasteiger partial charge in [-0.2, -0.15) is 13.2 Å². The Balaban J connectivity index is 2.20. The van der Waals surface area contributed by atoms with Gasteiger partial charge in [0.2, 0.25) is 0 Å². The van der Waals surface area contributed by atoms with Crippen LogP contribution in [0.1, 0.15) is 41.8 Å². The quantitative estimate of drug-likeness (QED) is 0.932. The molecular weight excluding hydrogens is 287 g/mol. The molecular formula is C13H20F3N3S. The molecule has 0 spiro atoms. The first-order chi connectivity index (χ1) is 9.29. The van der Waals surface area contributed by atoms with Gasteiger partial charge in [0, 0.05) is 18.6 Å². The van der Waals surface area contributed by atoms with E-state index in [0.717, 1.165) is 37.1 Å². The van der Waals surface area contributed by atoms with E-state index in [-0.39, 0.29) is 12.1 Å². The Kier molecular flexibility index (Phi) is 4.71. The Hall–Kier alpha value is -0.660. The van der Waals surface area contributed by atoms with Crippen molar-refractivity contribution >= 4 is 11.3 Å². The van der Waals surface area contributed by atoms with Crippen LogP contribution >= 0.6 is 11.3 Å². The van der Waals surface area contributed by atoms with Crippen LogP contribution in [0.2, 0.25) is 0 Å². The Morgan fingerprint density at radius 2 is 2.15 bits per heavy atom. The van der Waals surface area contributed by atoms with Crippen molar-refractivity contribution in [2.45, 2.75) is 57.9 Å². The molecule has 1 aliphatic rings. The number of hydrogen-bond acceptors (Lipinski definition) is 4. The third kappa shape index (κ3) is 3.51. The highest BCUT2D eigenvalue weighted by Gasteiger charge is 2.38. The zero-order valence-electron chi connectivity index (χ0n) is 11.7. The van der Waals surface area contributed by atoms with Crippen molar-refractivity contribution in [2.75, 3.05) is 6.54 Å². The van der Waals surface area contributed by atoms with Crippen molar-refractivity contribution in [3.05, 3.63) is 15.6 Å². The number of aromatic nitrogens is 1. The van der Waals surface area contributed by atoms with Gasteiger partial charge in [-0.25, -0.2) is 4.98 Å². The number of nitrogens with zero attached hydrogens (tertiary/aromatic N) is 2. The first kappa shape index (κ1) is 15.7. The fraction of sp³-hybridized carbons (Fsp3) is 0.769. The summed E-state index contributed by atoms with van der Waals surface area (Å²) in [6, 6.07) is 0.130. The SMILES string of the molecule is Cc1nc(C(F)(F)F)c(CN2CCCCC2C(C)N)s1. The molecule has 2 atom stereocenters. The maximum Gasteiger partial charge on any atom is 0.434 e. The molecule has 2 unspecified atom stereocenters. The molecule has 0 saturated carbocycles. The summed E-state index contributed by atoms with van der Waals surface area (Å²) in [7, 11) is 0. The molecule has 2 rings (SSSR count). The van der Waals surface area contributed by atoms with E-state index in [0.29, 0.717) is 16.4 Å². The van der Waals surface area contributed by atoms with Crippen molar-refractivity contribution < 1.29 is 13.2 Å². The summed E-state index contributed by atoms with van der Waals surface area (Å²) in [5.41, 5.74) is 5.24. The Morgan fingerprint density at radius 1 is 1.45 bits per heavy atom. The zero-order valence-corrected chi connectivity index (χ0v) is 12.5. The summed E-state index contributed by atoms with van der Waals surface area (Å²) in [6.45, 7) is 4.64. The fourth-order valence-corrected chi connectivity index (χ4v) is 3.77. The molecule has 0 radical (unpaired) electrons. The van der Waals surface area contributed by atoms with E-state index in [9.17, 15) is 13.2 Å². The van der Waals surface area contributed by atoms with E-state index in [2.05, 4.69) is 9.88 Å². The van der Waals surface area contributed by atoms with Crippen molar-refractivity contribution in [2.24, 2.45) is 5.73 Å². The van der Waals surface area contributed by atoms with Crippen molar-refractivity contribution in [3.8, 4) is 0 Å². The number of rotatable bonds is 3. The molecule has 20 heavy (non-hydrogen) atoms. The number of nitrogens with two attached hydrogens (primary N) is 1. The number of thiazole rings is 1. The average molecular weight is 307 g/mol. The molecule has 1 aliphatic heterocycles. The van der Waals surface area contributed by atoms with Crippen LogP contribution in [-0.2, 0) is 12.7 Å². The number of alkyl halides is 3. The average Bonchev–Trinajstić information content (AvgIpc) is 2.70. The first-order valence-electron chi connectivity index (χ1n) is 6.82. The molecule has 0 aliphatic carbocycles. The van der Waals surface area contributed by atoms with Gasteiger partial charge >= 0.3 is 6.18 Å². The van der Waals surface area contributed by atoms with Crippen LogP contribution in [0.25, 0.3) is 0 Å². The minimum atomic E-state index is -4.38. The number of likely N-dealkylation sites (tertiary alicyclic amines) is 1. The van der Waals surface area contributed by atoms with Crippen LogP contribution in [0.3, 0.4) is 0 Å². The lowest BCUT2D eigenvalue weighted by molar-refractivity contribution is -0.141. The lowest BCUT2D eigenvalue weighted by Gasteiger charge is -2.37. The molecule has 7 heteroatoms. The predicted molar refractivity (Wildman–Crippen MR) is 73.6 cm³/mol. The van der Waals surface area contributed by atoms with E-state index in [1.54, 1.807) is 6.92 Å². The number of halogens is 3. The number of hydrogen-bond donors (Lipinski definition) is 1. The molecule has 1 aromatic heterocycles. The third-order valence-electron chi connectivity index (χ3n) is 3.69. The summed E-state index contributed by atoms with van der Waals surface area (Å²) in [5, 5.41) is 0.460. The highest BCUT2D eigenvalue weighted by molar-refractivity contribution is 7.11. The minimum absolute atomic E-state index is 0.0290. The van der Waals surface area contributed by atoms with Crippen LogP contribution in [0.4, 0.5) is 13.2 Å². The Morgan fingerprint density at radius 3 is 2.75 bits per heavy atom. The van der Waals surface area contributed by atoms with Gasteiger partial charge in [0.15, 0.2) is 5.69 Å². The van der Waals surface area contributed by atoms with E-state index >= 15 is 0 Å². The molecule has 1 fully saturated rings. The van der Waals surface area contributed by atoms with E-state index in [1.807, 2.05) is 6.92 Å². The third-order valence-corrected chi connectivity index (χ3v) is 4.65. The second-order valence-corrected chi connectivity index (χ2v) is 6.68. The van der Waals surface area contributed by atoms with Gasteiger partial charge in [0.1, 0.15) is 0 Å². The molecule has 2 N–H and O–H groups in total. The largest absolute Gasteiger partial charge is 0.434 e. The van der Waals surface area contributed by atoms with Gasteiger partial charge in [0.25, 0.3) is 0 Å². The van der Waals surface area contributed by atoms with Crippen LogP contribution < -0.4 is 5.73 Å². The minimum Gasteiger partial charge on any atom is -0.327 e.